The lowest BCUT2D eigenvalue weighted by molar-refractivity contribution is 0.165. The van der Waals surface area contributed by atoms with Crippen molar-refractivity contribution in [3.05, 3.63) is 29.6 Å². The molecule has 1 N–H and O–H groups in total. The fraction of sp³-hybridized carbons (Fsp3) is 0.647. The first-order chi connectivity index (χ1) is 9.60. The Morgan fingerprint density at radius 3 is 2.95 bits per heavy atom. The molecule has 0 saturated carbocycles. The molecule has 2 atom stereocenters. The minimum absolute atomic E-state index is 0.141. The molecule has 1 aliphatic heterocycles. The van der Waals surface area contributed by atoms with E-state index in [0.717, 1.165) is 12.1 Å². The van der Waals surface area contributed by atoms with Crippen molar-refractivity contribution in [3.63, 3.8) is 0 Å². The second-order valence-corrected chi connectivity index (χ2v) is 6.12. The zero-order valence-electron chi connectivity index (χ0n) is 13.0. The average Bonchev–Trinajstić information content (AvgIpc) is 2.42. The summed E-state index contributed by atoms with van der Waals surface area (Å²) < 4.78 is 13.9. The molecular formula is C17H27FN2. The molecule has 0 amide bonds. The molecule has 0 aromatic heterocycles. The van der Waals surface area contributed by atoms with Gasteiger partial charge in [0.15, 0.2) is 0 Å². The minimum atomic E-state index is -0.141. The van der Waals surface area contributed by atoms with Crippen molar-refractivity contribution in [1.82, 2.24) is 4.90 Å². The molecule has 1 aliphatic rings. The zero-order chi connectivity index (χ0) is 14.5. The molecule has 3 heteroatoms. The van der Waals surface area contributed by atoms with Crippen LogP contribution in [0.15, 0.2) is 18.2 Å². The molecule has 20 heavy (non-hydrogen) atoms. The van der Waals surface area contributed by atoms with Crippen molar-refractivity contribution < 1.29 is 4.39 Å². The van der Waals surface area contributed by atoms with E-state index in [1.165, 1.54) is 32.4 Å². The maximum atomic E-state index is 13.9. The van der Waals surface area contributed by atoms with Crippen LogP contribution in [0.25, 0.3) is 0 Å². The number of piperidine rings is 1. The Kier molecular flexibility index (Phi) is 5.41. The Labute approximate surface area is 122 Å². The van der Waals surface area contributed by atoms with Gasteiger partial charge in [0.2, 0.25) is 0 Å². The van der Waals surface area contributed by atoms with E-state index in [0.29, 0.717) is 17.6 Å². The van der Waals surface area contributed by atoms with E-state index in [-0.39, 0.29) is 5.82 Å². The molecule has 2 unspecified atom stereocenters. The first-order valence-corrected chi connectivity index (χ1v) is 7.85. The molecule has 1 aromatic carbocycles. The zero-order valence-corrected chi connectivity index (χ0v) is 13.0. The molecule has 1 saturated heterocycles. The van der Waals surface area contributed by atoms with Gasteiger partial charge < -0.3 is 10.2 Å². The summed E-state index contributed by atoms with van der Waals surface area (Å²) in [5, 5.41) is 3.37. The highest BCUT2D eigenvalue weighted by molar-refractivity contribution is 5.47. The van der Waals surface area contributed by atoms with Crippen molar-refractivity contribution >= 4 is 5.69 Å². The number of anilines is 1. The number of hydrogen-bond acceptors (Lipinski definition) is 2. The smallest absolute Gasteiger partial charge is 0.146 e. The number of nitrogens with one attached hydrogen (secondary N) is 1. The van der Waals surface area contributed by atoms with Crippen molar-refractivity contribution in [2.75, 3.05) is 25.0 Å². The van der Waals surface area contributed by atoms with Gasteiger partial charge in [0.25, 0.3) is 0 Å². The monoisotopic (exact) mass is 278 g/mol. The molecule has 1 fully saturated rings. The fourth-order valence-corrected chi connectivity index (χ4v) is 3.12. The van der Waals surface area contributed by atoms with Gasteiger partial charge in [-0.3, -0.25) is 0 Å². The molecule has 0 bridgehead atoms. The van der Waals surface area contributed by atoms with Crippen LogP contribution in [0.3, 0.4) is 0 Å². The molecule has 2 rings (SSSR count). The van der Waals surface area contributed by atoms with Gasteiger partial charge in [0.05, 0.1) is 5.69 Å². The van der Waals surface area contributed by atoms with Gasteiger partial charge in [0, 0.05) is 12.6 Å². The minimum Gasteiger partial charge on any atom is -0.380 e. The third-order valence-electron chi connectivity index (χ3n) is 4.30. The Morgan fingerprint density at radius 1 is 1.45 bits per heavy atom. The molecule has 1 aromatic rings. The third-order valence-corrected chi connectivity index (χ3v) is 4.30. The van der Waals surface area contributed by atoms with Crippen LogP contribution in [0, 0.1) is 18.7 Å². The largest absolute Gasteiger partial charge is 0.380 e. The Balaban J connectivity index is 1.95. The van der Waals surface area contributed by atoms with Crippen molar-refractivity contribution in [2.45, 2.75) is 46.1 Å². The van der Waals surface area contributed by atoms with E-state index >= 15 is 0 Å². The van der Waals surface area contributed by atoms with E-state index in [2.05, 4.69) is 24.1 Å². The molecule has 1 heterocycles. The number of likely N-dealkylation sites (tertiary alicyclic amines) is 1. The van der Waals surface area contributed by atoms with Crippen LogP contribution < -0.4 is 5.32 Å². The van der Waals surface area contributed by atoms with Crippen LogP contribution in [0.1, 0.15) is 38.7 Å². The number of nitrogens with zero attached hydrogens (tertiary/aromatic N) is 1. The average molecular weight is 278 g/mol. The van der Waals surface area contributed by atoms with Gasteiger partial charge in [-0.05, 0) is 69.8 Å². The van der Waals surface area contributed by atoms with E-state index in [9.17, 15) is 4.39 Å². The van der Waals surface area contributed by atoms with Crippen LogP contribution in [0.4, 0.5) is 10.1 Å². The van der Waals surface area contributed by atoms with Gasteiger partial charge in [-0.25, -0.2) is 4.39 Å². The van der Waals surface area contributed by atoms with Gasteiger partial charge in [-0.15, -0.1) is 0 Å². The maximum Gasteiger partial charge on any atom is 0.146 e. The third kappa shape index (κ3) is 3.95. The predicted molar refractivity (Wildman–Crippen MR) is 83.7 cm³/mol. The second-order valence-electron chi connectivity index (χ2n) is 6.12. The molecular weight excluding hydrogens is 251 g/mol. The topological polar surface area (TPSA) is 15.3 Å². The summed E-state index contributed by atoms with van der Waals surface area (Å²) in [4.78, 5) is 2.54. The summed E-state index contributed by atoms with van der Waals surface area (Å²) in [5.41, 5.74) is 1.60. The molecule has 2 nitrogen and oxygen atoms in total. The van der Waals surface area contributed by atoms with Crippen molar-refractivity contribution in [2.24, 2.45) is 5.92 Å². The van der Waals surface area contributed by atoms with Crippen LogP contribution in [0.2, 0.25) is 0 Å². The molecule has 112 valence electrons. The van der Waals surface area contributed by atoms with Crippen molar-refractivity contribution in [1.29, 1.82) is 0 Å². The quantitative estimate of drug-likeness (QED) is 0.874. The SMILES string of the molecule is CCCN1CCCC(C(C)Nc2ccc(C)cc2F)C1. The first-order valence-electron chi connectivity index (χ1n) is 7.85. The predicted octanol–water partition coefficient (Wildman–Crippen LogP) is 4.06. The highest BCUT2D eigenvalue weighted by Crippen LogP contribution is 2.24. The summed E-state index contributed by atoms with van der Waals surface area (Å²) in [7, 11) is 0. The highest BCUT2D eigenvalue weighted by atomic mass is 19.1. The van der Waals surface area contributed by atoms with Gasteiger partial charge >= 0.3 is 0 Å². The Bertz CT molecular complexity index is 431. The second kappa shape index (κ2) is 7.07. The maximum absolute atomic E-state index is 13.9. The van der Waals surface area contributed by atoms with Crippen LogP contribution in [-0.2, 0) is 0 Å². The molecule has 0 aliphatic carbocycles. The van der Waals surface area contributed by atoms with Crippen molar-refractivity contribution in [3.8, 4) is 0 Å². The van der Waals surface area contributed by atoms with E-state index in [1.807, 2.05) is 19.1 Å². The van der Waals surface area contributed by atoms with Gasteiger partial charge in [-0.2, -0.15) is 0 Å². The number of benzene rings is 1. The standard InChI is InChI=1S/C17H27FN2/c1-4-9-20-10-5-6-15(12-20)14(3)19-17-8-7-13(2)11-16(17)18/h7-8,11,14-15,19H,4-6,9-10,12H2,1-3H3. The number of halogens is 1. The van der Waals surface area contributed by atoms with Crippen LogP contribution in [0.5, 0.6) is 0 Å². The van der Waals surface area contributed by atoms with E-state index in [4.69, 9.17) is 0 Å². The lowest BCUT2D eigenvalue weighted by atomic mass is 9.91. The van der Waals surface area contributed by atoms with Crippen LogP contribution >= 0.6 is 0 Å². The lowest BCUT2D eigenvalue weighted by Gasteiger charge is -2.36. The summed E-state index contributed by atoms with van der Waals surface area (Å²) in [5.74, 6) is 0.467. The summed E-state index contributed by atoms with van der Waals surface area (Å²) in [6.45, 7) is 9.86. The fourth-order valence-electron chi connectivity index (χ4n) is 3.12. The summed E-state index contributed by atoms with van der Waals surface area (Å²) in [6.07, 6.45) is 3.70. The lowest BCUT2D eigenvalue weighted by Crippen LogP contribution is -2.42. The molecule has 0 radical (unpaired) electrons. The number of aryl methyl sites for hydroxylation is 1. The normalized spacial score (nSPS) is 21.7. The molecule has 0 spiro atoms. The van der Waals surface area contributed by atoms with Crippen LogP contribution in [-0.4, -0.2) is 30.6 Å². The number of rotatable bonds is 5. The number of hydrogen-bond donors (Lipinski definition) is 1. The summed E-state index contributed by atoms with van der Waals surface area (Å²) >= 11 is 0. The van der Waals surface area contributed by atoms with Gasteiger partial charge in [-0.1, -0.05) is 13.0 Å². The van der Waals surface area contributed by atoms with E-state index in [1.54, 1.807) is 6.07 Å². The van der Waals surface area contributed by atoms with Gasteiger partial charge in [0.1, 0.15) is 5.82 Å². The Morgan fingerprint density at radius 2 is 2.25 bits per heavy atom. The Hall–Kier alpha value is -1.09. The highest BCUT2D eigenvalue weighted by Gasteiger charge is 2.24. The summed E-state index contributed by atoms with van der Waals surface area (Å²) in [6, 6.07) is 5.72. The first kappa shape index (κ1) is 15.3. The van der Waals surface area contributed by atoms with E-state index < -0.39 is 0 Å².